The van der Waals surface area contributed by atoms with E-state index in [1.54, 1.807) is 22.9 Å². The van der Waals surface area contributed by atoms with Crippen LogP contribution >= 0.6 is 0 Å². The molecule has 3 aromatic rings. The van der Waals surface area contributed by atoms with Gasteiger partial charge in [0.25, 0.3) is 5.56 Å². The summed E-state index contributed by atoms with van der Waals surface area (Å²) in [4.78, 5) is 13.7. The van der Waals surface area contributed by atoms with E-state index in [0.717, 1.165) is 44.1 Å². The van der Waals surface area contributed by atoms with Crippen molar-refractivity contribution in [1.82, 2.24) is 4.57 Å². The van der Waals surface area contributed by atoms with Gasteiger partial charge >= 0.3 is 0 Å². The maximum absolute atomic E-state index is 13.7. The van der Waals surface area contributed by atoms with E-state index in [2.05, 4.69) is 6.07 Å². The molecular weight excluding hydrogens is 412 g/mol. The number of nitriles is 1. The molecule has 0 bridgehead atoms. The van der Waals surface area contributed by atoms with E-state index in [1.165, 1.54) is 0 Å². The lowest BCUT2D eigenvalue weighted by molar-refractivity contribution is -0.0850. The molecule has 1 aliphatic carbocycles. The van der Waals surface area contributed by atoms with E-state index in [9.17, 15) is 15.2 Å². The molecule has 2 unspecified atom stereocenters. The van der Waals surface area contributed by atoms with Crippen molar-refractivity contribution in [1.29, 1.82) is 5.26 Å². The number of aliphatic hydroxyl groups excluding tert-OH is 1. The largest absolute Gasteiger partial charge is 0.484 e. The van der Waals surface area contributed by atoms with Gasteiger partial charge < -0.3 is 14.4 Å². The molecule has 5 nitrogen and oxygen atoms in total. The van der Waals surface area contributed by atoms with Crippen LogP contribution in [0.15, 0.2) is 71.7 Å². The molecule has 33 heavy (non-hydrogen) atoms. The Balaban J connectivity index is 1.64. The van der Waals surface area contributed by atoms with Gasteiger partial charge in [0, 0.05) is 23.2 Å². The highest BCUT2D eigenvalue weighted by Crippen LogP contribution is 2.48. The summed E-state index contributed by atoms with van der Waals surface area (Å²) >= 11 is 0. The maximum Gasteiger partial charge on any atom is 0.254 e. The highest BCUT2D eigenvalue weighted by molar-refractivity contribution is 5.50. The summed E-state index contributed by atoms with van der Waals surface area (Å²) in [6.07, 6.45) is 6.67. The van der Waals surface area contributed by atoms with Gasteiger partial charge in [0.15, 0.2) is 0 Å². The van der Waals surface area contributed by atoms with Gasteiger partial charge in [-0.15, -0.1) is 0 Å². The first kappa shape index (κ1) is 21.5. The zero-order valence-electron chi connectivity index (χ0n) is 18.6. The Morgan fingerprint density at radius 3 is 2.48 bits per heavy atom. The minimum absolute atomic E-state index is 0.121. The summed E-state index contributed by atoms with van der Waals surface area (Å²) in [7, 11) is 0. The van der Waals surface area contributed by atoms with E-state index >= 15 is 0 Å². The monoisotopic (exact) mass is 440 g/mol. The van der Waals surface area contributed by atoms with Crippen molar-refractivity contribution in [2.24, 2.45) is 0 Å². The minimum Gasteiger partial charge on any atom is -0.484 e. The lowest BCUT2D eigenvalue weighted by Gasteiger charge is -2.46. The summed E-state index contributed by atoms with van der Waals surface area (Å²) in [6, 6.07) is 21.1. The van der Waals surface area contributed by atoms with Crippen molar-refractivity contribution < 1.29 is 9.84 Å². The van der Waals surface area contributed by atoms with Crippen LogP contribution in [0.2, 0.25) is 0 Å². The molecule has 0 saturated heterocycles. The van der Waals surface area contributed by atoms with Crippen LogP contribution in [0.25, 0.3) is 0 Å². The Morgan fingerprint density at radius 2 is 1.76 bits per heavy atom. The first-order chi connectivity index (χ1) is 16.1. The van der Waals surface area contributed by atoms with Crippen LogP contribution in [0.3, 0.4) is 0 Å². The molecule has 1 aromatic heterocycles. The van der Waals surface area contributed by atoms with Gasteiger partial charge in [-0.05, 0) is 55.5 Å². The summed E-state index contributed by atoms with van der Waals surface area (Å²) in [5.41, 5.74) is 1.96. The predicted octanol–water partition coefficient (Wildman–Crippen LogP) is 4.75. The smallest absolute Gasteiger partial charge is 0.254 e. The van der Waals surface area contributed by atoms with E-state index in [-0.39, 0.29) is 5.56 Å². The van der Waals surface area contributed by atoms with Crippen LogP contribution in [-0.2, 0) is 6.54 Å². The fourth-order valence-corrected chi connectivity index (χ4v) is 5.47. The Morgan fingerprint density at radius 1 is 1.00 bits per heavy atom. The van der Waals surface area contributed by atoms with E-state index in [0.29, 0.717) is 29.0 Å². The molecule has 1 aliphatic heterocycles. The van der Waals surface area contributed by atoms with Gasteiger partial charge in [0.05, 0.1) is 18.2 Å². The molecule has 168 valence electrons. The molecule has 2 aromatic carbocycles. The van der Waals surface area contributed by atoms with Crippen molar-refractivity contribution >= 4 is 0 Å². The molecule has 1 spiro atoms. The Labute approximate surface area is 193 Å². The average Bonchev–Trinajstić information content (AvgIpc) is 3.08. The number of rotatable bonds is 3. The minimum atomic E-state index is -0.864. The zero-order valence-corrected chi connectivity index (χ0v) is 18.6. The Kier molecular flexibility index (Phi) is 5.78. The lowest BCUT2D eigenvalue weighted by atomic mass is 9.73. The molecule has 2 aliphatic rings. The molecule has 2 heterocycles. The van der Waals surface area contributed by atoms with E-state index < -0.39 is 17.6 Å². The first-order valence-corrected chi connectivity index (χ1v) is 11.8. The quantitative estimate of drug-likeness (QED) is 0.638. The summed E-state index contributed by atoms with van der Waals surface area (Å²) in [5, 5.41) is 21.3. The van der Waals surface area contributed by atoms with Crippen LogP contribution in [0.5, 0.6) is 5.75 Å². The number of hydrogen-bond donors (Lipinski definition) is 1. The number of aromatic nitrogens is 1. The molecule has 5 rings (SSSR count). The maximum atomic E-state index is 13.7. The second-order valence-electron chi connectivity index (χ2n) is 9.25. The van der Waals surface area contributed by atoms with Crippen molar-refractivity contribution in [3.05, 3.63) is 99.5 Å². The van der Waals surface area contributed by atoms with Crippen molar-refractivity contribution in [3.63, 3.8) is 0 Å². The Hall–Kier alpha value is -3.36. The van der Waals surface area contributed by atoms with Crippen LogP contribution in [0.1, 0.15) is 66.7 Å². The van der Waals surface area contributed by atoms with Crippen LogP contribution in [0, 0.1) is 11.3 Å². The summed E-state index contributed by atoms with van der Waals surface area (Å²) in [5.74, 6) is 0.125. The third-order valence-corrected chi connectivity index (χ3v) is 7.17. The van der Waals surface area contributed by atoms with Crippen molar-refractivity contribution in [2.45, 2.75) is 62.7 Å². The van der Waals surface area contributed by atoms with E-state index in [4.69, 9.17) is 4.74 Å². The lowest BCUT2D eigenvalue weighted by Crippen LogP contribution is -2.54. The summed E-state index contributed by atoms with van der Waals surface area (Å²) < 4.78 is 8.20. The van der Waals surface area contributed by atoms with Gasteiger partial charge in [0.1, 0.15) is 17.5 Å². The van der Waals surface area contributed by atoms with Gasteiger partial charge in [0.2, 0.25) is 0 Å². The topological polar surface area (TPSA) is 75.2 Å². The van der Waals surface area contributed by atoms with Crippen molar-refractivity contribution in [3.8, 4) is 11.8 Å². The van der Waals surface area contributed by atoms with Gasteiger partial charge in [-0.3, -0.25) is 4.79 Å². The molecular formula is C28H28N2O3. The number of benzene rings is 2. The number of nitrogens with zero attached hydrogens (tertiary/aromatic N) is 2. The van der Waals surface area contributed by atoms with Crippen molar-refractivity contribution in [2.75, 3.05) is 0 Å². The number of ether oxygens (including phenoxy) is 1. The molecule has 0 amide bonds. The molecule has 2 atom stereocenters. The molecule has 5 heteroatoms. The van der Waals surface area contributed by atoms with E-state index in [1.807, 2.05) is 48.5 Å². The number of pyridine rings is 1. The second kappa shape index (κ2) is 8.88. The number of fused-ring (bicyclic) bond motifs is 1. The highest BCUT2D eigenvalue weighted by Gasteiger charge is 2.50. The standard InChI is InChI=1S/C28H28N2O3/c29-18-21-12-13-24-23(17-21)25(26(31)28(33-24)14-6-1-2-7-15-28)22-11-8-16-30(27(22)32)19-20-9-4-3-5-10-20/h3-5,8-13,16-17,25-26,31H,1-2,6-7,14-15,19H2. The SMILES string of the molecule is N#Cc1ccc2c(c1)C(c1cccn(Cc3ccccc3)c1=O)C(O)C1(CCCCCC1)O2. The fourth-order valence-electron chi connectivity index (χ4n) is 5.47. The fraction of sp³-hybridized carbons (Fsp3) is 0.357. The van der Waals surface area contributed by atoms with Gasteiger partial charge in [-0.25, -0.2) is 0 Å². The number of aliphatic hydroxyl groups is 1. The van der Waals surface area contributed by atoms with Crippen LogP contribution in [0.4, 0.5) is 0 Å². The molecule has 1 fully saturated rings. The predicted molar refractivity (Wildman–Crippen MR) is 126 cm³/mol. The molecule has 1 saturated carbocycles. The average molecular weight is 441 g/mol. The van der Waals surface area contributed by atoms with Gasteiger partial charge in [-0.2, -0.15) is 5.26 Å². The molecule has 1 N–H and O–H groups in total. The first-order valence-electron chi connectivity index (χ1n) is 11.8. The molecule has 0 radical (unpaired) electrons. The third kappa shape index (κ3) is 3.96. The normalized spacial score (nSPS) is 21.5. The Bertz CT molecular complexity index is 1230. The number of hydrogen-bond acceptors (Lipinski definition) is 4. The van der Waals surface area contributed by atoms with Crippen LogP contribution in [-0.4, -0.2) is 21.4 Å². The second-order valence-corrected chi connectivity index (χ2v) is 9.25. The highest BCUT2D eigenvalue weighted by atomic mass is 16.5. The zero-order chi connectivity index (χ0) is 22.8. The summed E-state index contributed by atoms with van der Waals surface area (Å²) in [6.45, 7) is 0.461. The third-order valence-electron chi connectivity index (χ3n) is 7.17. The van der Waals surface area contributed by atoms with Gasteiger partial charge in [-0.1, -0.05) is 49.2 Å². The van der Waals surface area contributed by atoms with Crippen LogP contribution < -0.4 is 10.3 Å².